The van der Waals surface area contributed by atoms with E-state index in [1.807, 2.05) is 0 Å². The van der Waals surface area contributed by atoms with Crippen molar-refractivity contribution in [1.29, 1.82) is 0 Å². The summed E-state index contributed by atoms with van der Waals surface area (Å²) < 4.78 is 5.25. The molecule has 1 unspecified atom stereocenters. The van der Waals surface area contributed by atoms with Gasteiger partial charge < -0.3 is 30.5 Å². The number of ether oxygens (including phenoxy) is 1. The Morgan fingerprint density at radius 1 is 1.29 bits per heavy atom. The Morgan fingerprint density at radius 3 is 2.65 bits per heavy atom. The Bertz CT molecular complexity index is 347. The van der Waals surface area contributed by atoms with Crippen LogP contribution in [0.5, 0.6) is 0 Å². The second kappa shape index (κ2) is 5.25. The summed E-state index contributed by atoms with van der Waals surface area (Å²) in [7, 11) is 0. The van der Waals surface area contributed by atoms with E-state index in [9.17, 15) is 15.3 Å². The first-order valence-electron chi connectivity index (χ1n) is 5.10. The van der Waals surface area contributed by atoms with Gasteiger partial charge >= 0.3 is 0 Å². The lowest BCUT2D eigenvalue weighted by atomic mass is 9.98. The van der Waals surface area contributed by atoms with Crippen LogP contribution in [0.3, 0.4) is 0 Å². The van der Waals surface area contributed by atoms with Gasteiger partial charge in [-0.25, -0.2) is 4.98 Å². The van der Waals surface area contributed by atoms with Gasteiger partial charge in [-0.2, -0.15) is 0 Å². The van der Waals surface area contributed by atoms with Crippen molar-refractivity contribution in [3.63, 3.8) is 0 Å². The summed E-state index contributed by atoms with van der Waals surface area (Å²) in [5.74, 6) is 0. The molecule has 5 N–H and O–H groups in total. The minimum absolute atomic E-state index is 0.443. The molecule has 7 nitrogen and oxygen atoms in total. The maximum Gasteiger partial charge on any atom is 0.184 e. The van der Waals surface area contributed by atoms with Crippen molar-refractivity contribution >= 4 is 16.5 Å². The monoisotopic (exact) mass is 262 g/mol. The zero-order valence-corrected chi connectivity index (χ0v) is 9.62. The molecule has 0 bridgehead atoms. The van der Waals surface area contributed by atoms with Crippen LogP contribution >= 0.6 is 11.3 Å². The molecule has 1 saturated heterocycles. The van der Waals surface area contributed by atoms with Crippen LogP contribution in [-0.4, -0.2) is 62.7 Å². The number of hydrogen-bond acceptors (Lipinski definition) is 8. The van der Waals surface area contributed by atoms with Crippen molar-refractivity contribution in [2.45, 2.75) is 30.6 Å². The number of anilines is 1. The quantitative estimate of drug-likeness (QED) is 0.443. The molecule has 0 amide bonds. The number of aliphatic hydroxyl groups excluding tert-OH is 4. The number of rotatable bonds is 3. The summed E-state index contributed by atoms with van der Waals surface area (Å²) in [5, 5.41) is 42.9. The van der Waals surface area contributed by atoms with Gasteiger partial charge in [0.15, 0.2) is 11.4 Å². The summed E-state index contributed by atoms with van der Waals surface area (Å²) in [6.45, 7) is -0.443. The second-order valence-electron chi connectivity index (χ2n) is 3.73. The molecule has 1 aromatic heterocycles. The number of nitrogens with zero attached hydrogens (tertiary/aromatic N) is 1. The predicted molar refractivity (Wildman–Crippen MR) is 59.5 cm³/mol. The van der Waals surface area contributed by atoms with Crippen LogP contribution in [0.1, 0.15) is 0 Å². The number of nitrogens with one attached hydrogen (secondary N) is 1. The standard InChI is InChI=1S/C9H14N2O5S/c12-3-4-5(13)6(14)7(15)8(16-4)11-9-10-1-2-17-9/h1-2,4-8,12-15H,3H2,(H,10,11)/t4-,5-,6+,7-,8?/m1/s1. The topological polar surface area (TPSA) is 115 Å². The Labute approximate surface area is 101 Å². The molecular formula is C9H14N2O5S. The van der Waals surface area contributed by atoms with Gasteiger partial charge in [0.05, 0.1) is 6.61 Å². The second-order valence-corrected chi connectivity index (χ2v) is 4.63. The molecule has 1 fully saturated rings. The molecule has 2 heterocycles. The highest BCUT2D eigenvalue weighted by Gasteiger charge is 2.43. The molecule has 0 aliphatic carbocycles. The van der Waals surface area contributed by atoms with E-state index in [0.717, 1.165) is 0 Å². The lowest BCUT2D eigenvalue weighted by molar-refractivity contribution is -0.221. The lowest BCUT2D eigenvalue weighted by Crippen LogP contribution is -2.60. The molecule has 2 rings (SSSR count). The zero-order chi connectivity index (χ0) is 12.4. The average molecular weight is 262 g/mol. The van der Waals surface area contributed by atoms with E-state index in [2.05, 4.69) is 10.3 Å². The molecule has 0 saturated carbocycles. The third-order valence-electron chi connectivity index (χ3n) is 2.59. The van der Waals surface area contributed by atoms with Crippen molar-refractivity contribution in [1.82, 2.24) is 4.98 Å². The minimum atomic E-state index is -1.38. The van der Waals surface area contributed by atoms with Crippen molar-refractivity contribution in [3.8, 4) is 0 Å². The first-order chi connectivity index (χ1) is 8.13. The third-order valence-corrected chi connectivity index (χ3v) is 3.29. The molecule has 0 radical (unpaired) electrons. The molecular weight excluding hydrogens is 248 g/mol. The van der Waals surface area contributed by atoms with Gasteiger partial charge in [-0.1, -0.05) is 0 Å². The number of thiazole rings is 1. The Balaban J connectivity index is 2.06. The Kier molecular flexibility index (Phi) is 3.92. The molecule has 1 aromatic rings. The molecule has 96 valence electrons. The van der Waals surface area contributed by atoms with Gasteiger partial charge in [-0.3, -0.25) is 0 Å². The lowest BCUT2D eigenvalue weighted by Gasteiger charge is -2.40. The van der Waals surface area contributed by atoms with Crippen LogP contribution in [0.2, 0.25) is 0 Å². The molecule has 1 aliphatic heterocycles. The van der Waals surface area contributed by atoms with E-state index in [1.54, 1.807) is 11.6 Å². The van der Waals surface area contributed by atoms with E-state index < -0.39 is 37.3 Å². The maximum absolute atomic E-state index is 9.72. The van der Waals surface area contributed by atoms with E-state index in [4.69, 9.17) is 9.84 Å². The molecule has 0 spiro atoms. The fraction of sp³-hybridized carbons (Fsp3) is 0.667. The number of hydrogen-bond donors (Lipinski definition) is 5. The van der Waals surface area contributed by atoms with Crippen molar-refractivity contribution < 1.29 is 25.2 Å². The van der Waals surface area contributed by atoms with Crippen molar-refractivity contribution in [3.05, 3.63) is 11.6 Å². The summed E-state index contributed by atoms with van der Waals surface area (Å²) in [6, 6.07) is 0. The predicted octanol–water partition coefficient (Wildman–Crippen LogP) is -1.65. The molecule has 8 heteroatoms. The maximum atomic E-state index is 9.72. The highest BCUT2D eigenvalue weighted by atomic mass is 32.1. The fourth-order valence-corrected chi connectivity index (χ4v) is 2.19. The summed E-state index contributed by atoms with van der Waals surface area (Å²) in [6.07, 6.45) is -4.27. The average Bonchev–Trinajstić information content (AvgIpc) is 2.83. The molecule has 17 heavy (non-hydrogen) atoms. The molecule has 0 aromatic carbocycles. The van der Waals surface area contributed by atoms with E-state index in [1.165, 1.54) is 11.3 Å². The SMILES string of the molecule is OC[C@H]1OC(Nc2nccs2)[C@H](O)[C@@H](O)[C@@H]1O. The van der Waals surface area contributed by atoms with Gasteiger partial charge in [0.2, 0.25) is 0 Å². The van der Waals surface area contributed by atoms with Gasteiger partial charge in [0.25, 0.3) is 0 Å². The third kappa shape index (κ3) is 2.57. The van der Waals surface area contributed by atoms with Gasteiger partial charge in [-0.15, -0.1) is 11.3 Å². The van der Waals surface area contributed by atoms with Crippen molar-refractivity contribution in [2.24, 2.45) is 0 Å². The van der Waals surface area contributed by atoms with Crippen LogP contribution in [-0.2, 0) is 4.74 Å². The largest absolute Gasteiger partial charge is 0.394 e. The van der Waals surface area contributed by atoms with Crippen LogP contribution in [0.25, 0.3) is 0 Å². The smallest absolute Gasteiger partial charge is 0.184 e. The van der Waals surface area contributed by atoms with E-state index in [-0.39, 0.29) is 0 Å². The summed E-state index contributed by atoms with van der Waals surface area (Å²) in [4.78, 5) is 3.95. The molecule has 1 aliphatic rings. The van der Waals surface area contributed by atoms with Gasteiger partial charge in [-0.05, 0) is 0 Å². The number of aliphatic hydroxyl groups is 4. The highest BCUT2D eigenvalue weighted by Crippen LogP contribution is 2.23. The Hall–Kier alpha value is -0.770. The van der Waals surface area contributed by atoms with Crippen LogP contribution in [0, 0.1) is 0 Å². The van der Waals surface area contributed by atoms with E-state index in [0.29, 0.717) is 5.13 Å². The van der Waals surface area contributed by atoms with Gasteiger partial charge in [0, 0.05) is 11.6 Å². The first-order valence-corrected chi connectivity index (χ1v) is 5.98. The highest BCUT2D eigenvalue weighted by molar-refractivity contribution is 7.13. The van der Waals surface area contributed by atoms with Gasteiger partial charge in [0.1, 0.15) is 24.4 Å². The zero-order valence-electron chi connectivity index (χ0n) is 8.80. The normalized spacial score (nSPS) is 38.0. The molecule has 5 atom stereocenters. The van der Waals surface area contributed by atoms with Crippen LogP contribution < -0.4 is 5.32 Å². The number of aromatic nitrogens is 1. The summed E-state index contributed by atoms with van der Waals surface area (Å²) >= 11 is 1.31. The van der Waals surface area contributed by atoms with Crippen LogP contribution in [0.15, 0.2) is 11.6 Å². The van der Waals surface area contributed by atoms with Crippen LogP contribution in [0.4, 0.5) is 5.13 Å². The van der Waals surface area contributed by atoms with E-state index >= 15 is 0 Å². The first kappa shape index (κ1) is 12.7. The van der Waals surface area contributed by atoms with Crippen molar-refractivity contribution in [2.75, 3.05) is 11.9 Å². The summed E-state index contributed by atoms with van der Waals surface area (Å²) in [5.41, 5.74) is 0. The minimum Gasteiger partial charge on any atom is -0.394 e. The fourth-order valence-electron chi connectivity index (χ4n) is 1.64. The Morgan fingerprint density at radius 2 is 2.06 bits per heavy atom.